The molecule has 1 aromatic heterocycles. The molecule has 1 atom stereocenters. The summed E-state index contributed by atoms with van der Waals surface area (Å²) in [7, 11) is 0. The van der Waals surface area contributed by atoms with Crippen LogP contribution in [-0.4, -0.2) is 30.3 Å². The van der Waals surface area contributed by atoms with Gasteiger partial charge in [-0.15, -0.1) is 11.6 Å². The fraction of sp³-hybridized carbons (Fsp3) is 0.429. The summed E-state index contributed by atoms with van der Waals surface area (Å²) in [6.07, 6.45) is 3.30. The summed E-state index contributed by atoms with van der Waals surface area (Å²) in [5, 5.41) is 15.2. The summed E-state index contributed by atoms with van der Waals surface area (Å²) in [6.45, 7) is 0.230. The van der Waals surface area contributed by atoms with Crippen LogP contribution in [0, 0.1) is 4.77 Å². The van der Waals surface area contributed by atoms with Crippen LogP contribution in [-0.2, 0) is 13.0 Å². The van der Waals surface area contributed by atoms with Crippen molar-refractivity contribution in [1.29, 1.82) is 0 Å². The second-order valence-corrected chi connectivity index (χ2v) is 7.60. The highest BCUT2D eigenvalue weighted by molar-refractivity contribution is 7.71. The maximum absolute atomic E-state index is 11.2. The molecule has 0 aliphatic heterocycles. The zero-order chi connectivity index (χ0) is 16.0. The smallest absolute Gasteiger partial charge is 0.215 e. The first-order chi connectivity index (χ1) is 10.3. The molecule has 1 fully saturated rings. The van der Waals surface area contributed by atoms with Crippen molar-refractivity contribution in [1.82, 2.24) is 14.8 Å². The SMILES string of the molecule is OC(Cc1ccc(Cl)cc1Cl)(Cn1[nH]cnc1=S)C1(Cl)CC1. The van der Waals surface area contributed by atoms with Gasteiger partial charge in [-0.3, -0.25) is 9.78 Å². The van der Waals surface area contributed by atoms with Gasteiger partial charge in [0.25, 0.3) is 0 Å². The molecule has 1 aromatic carbocycles. The van der Waals surface area contributed by atoms with Crippen molar-refractivity contribution in [3.05, 3.63) is 44.9 Å². The third-order valence-electron chi connectivity index (χ3n) is 4.06. The predicted octanol–water partition coefficient (Wildman–Crippen LogP) is 3.99. The van der Waals surface area contributed by atoms with Crippen molar-refractivity contribution in [3.8, 4) is 0 Å². The Labute approximate surface area is 148 Å². The molecule has 0 spiro atoms. The summed E-state index contributed by atoms with van der Waals surface area (Å²) >= 11 is 23.8. The molecule has 1 saturated carbocycles. The van der Waals surface area contributed by atoms with Crippen molar-refractivity contribution in [2.45, 2.75) is 36.3 Å². The molecule has 1 unspecified atom stereocenters. The van der Waals surface area contributed by atoms with E-state index in [-0.39, 0.29) is 6.54 Å². The van der Waals surface area contributed by atoms with Crippen LogP contribution in [0.1, 0.15) is 18.4 Å². The van der Waals surface area contributed by atoms with Crippen molar-refractivity contribution < 1.29 is 5.11 Å². The molecular formula is C14H14Cl3N3OS. The highest BCUT2D eigenvalue weighted by atomic mass is 35.5. The van der Waals surface area contributed by atoms with Gasteiger partial charge in [0.05, 0.1) is 11.4 Å². The van der Waals surface area contributed by atoms with Crippen LogP contribution in [0.5, 0.6) is 0 Å². The molecule has 4 nitrogen and oxygen atoms in total. The Balaban J connectivity index is 1.93. The molecule has 1 aliphatic carbocycles. The van der Waals surface area contributed by atoms with Crippen molar-refractivity contribution >= 4 is 47.0 Å². The minimum absolute atomic E-state index is 0.230. The summed E-state index contributed by atoms with van der Waals surface area (Å²) in [5.74, 6) is 0. The van der Waals surface area contributed by atoms with E-state index in [9.17, 15) is 5.11 Å². The molecule has 0 bridgehead atoms. The molecule has 0 amide bonds. The van der Waals surface area contributed by atoms with Crippen LogP contribution >= 0.6 is 47.0 Å². The molecule has 8 heteroatoms. The highest BCUT2D eigenvalue weighted by Crippen LogP contribution is 2.53. The third kappa shape index (κ3) is 3.05. The fourth-order valence-corrected chi connectivity index (χ4v) is 3.43. The first-order valence-electron chi connectivity index (χ1n) is 6.78. The third-order valence-corrected chi connectivity index (χ3v) is 5.70. The average Bonchev–Trinajstić information content (AvgIpc) is 3.09. The lowest BCUT2D eigenvalue weighted by atomic mass is 9.89. The largest absolute Gasteiger partial charge is 0.386 e. The monoisotopic (exact) mass is 377 g/mol. The normalized spacial score (nSPS) is 18.9. The molecule has 2 N–H and O–H groups in total. The molecule has 22 heavy (non-hydrogen) atoms. The van der Waals surface area contributed by atoms with Crippen LogP contribution in [0.15, 0.2) is 24.5 Å². The lowest BCUT2D eigenvalue weighted by molar-refractivity contribution is 0.00728. The van der Waals surface area contributed by atoms with Crippen LogP contribution in [0.25, 0.3) is 0 Å². The molecule has 3 rings (SSSR count). The van der Waals surface area contributed by atoms with Gasteiger partial charge >= 0.3 is 0 Å². The number of hydrogen-bond donors (Lipinski definition) is 2. The number of hydrogen-bond acceptors (Lipinski definition) is 3. The Morgan fingerprint density at radius 3 is 2.68 bits per heavy atom. The molecular weight excluding hydrogens is 365 g/mol. The van der Waals surface area contributed by atoms with Crippen molar-refractivity contribution in [2.24, 2.45) is 0 Å². The van der Waals surface area contributed by atoms with E-state index in [0.29, 0.717) is 21.2 Å². The maximum atomic E-state index is 11.2. The Kier molecular flexibility index (Phi) is 4.29. The number of alkyl halides is 1. The number of nitrogens with zero attached hydrogens (tertiary/aromatic N) is 2. The number of aromatic nitrogens is 3. The average molecular weight is 379 g/mol. The highest BCUT2D eigenvalue weighted by Gasteiger charge is 2.58. The maximum Gasteiger partial charge on any atom is 0.215 e. The van der Waals surface area contributed by atoms with E-state index < -0.39 is 10.5 Å². The Hall–Kier alpha value is -0.590. The molecule has 1 heterocycles. The number of halogens is 3. The van der Waals surface area contributed by atoms with E-state index in [4.69, 9.17) is 47.0 Å². The van der Waals surface area contributed by atoms with Gasteiger partial charge in [-0.05, 0) is 42.8 Å². The van der Waals surface area contributed by atoms with Gasteiger partial charge in [-0.1, -0.05) is 29.3 Å². The topological polar surface area (TPSA) is 53.8 Å². The van der Waals surface area contributed by atoms with Gasteiger partial charge < -0.3 is 5.11 Å². The van der Waals surface area contributed by atoms with Crippen molar-refractivity contribution in [2.75, 3.05) is 0 Å². The lowest BCUT2D eigenvalue weighted by Gasteiger charge is -2.33. The lowest BCUT2D eigenvalue weighted by Crippen LogP contribution is -2.47. The van der Waals surface area contributed by atoms with Gasteiger partial charge in [0.15, 0.2) is 0 Å². The van der Waals surface area contributed by atoms with E-state index in [0.717, 1.165) is 18.4 Å². The quantitative estimate of drug-likeness (QED) is 0.611. The zero-order valence-electron chi connectivity index (χ0n) is 11.5. The number of benzene rings is 1. The van der Waals surface area contributed by atoms with E-state index in [2.05, 4.69) is 10.1 Å². The van der Waals surface area contributed by atoms with E-state index in [1.54, 1.807) is 16.8 Å². The van der Waals surface area contributed by atoms with Gasteiger partial charge in [0, 0.05) is 16.5 Å². The first kappa shape index (κ1) is 16.3. The van der Waals surface area contributed by atoms with Crippen LogP contribution in [0.4, 0.5) is 0 Å². The number of aliphatic hydroxyl groups is 1. The minimum Gasteiger partial charge on any atom is -0.386 e. The number of aromatic amines is 1. The second kappa shape index (κ2) is 5.80. The Bertz CT molecular complexity index is 756. The van der Waals surface area contributed by atoms with Gasteiger partial charge in [-0.25, -0.2) is 4.98 Å². The molecule has 0 saturated heterocycles. The molecule has 118 valence electrons. The van der Waals surface area contributed by atoms with E-state index in [1.807, 2.05) is 6.07 Å². The zero-order valence-corrected chi connectivity index (χ0v) is 14.6. The van der Waals surface area contributed by atoms with Gasteiger partial charge in [-0.2, -0.15) is 0 Å². The number of rotatable bonds is 5. The Morgan fingerprint density at radius 1 is 1.41 bits per heavy atom. The minimum atomic E-state index is -1.18. The molecule has 0 radical (unpaired) electrons. The second-order valence-electron chi connectivity index (χ2n) is 5.67. The van der Waals surface area contributed by atoms with Crippen molar-refractivity contribution in [3.63, 3.8) is 0 Å². The fourth-order valence-electron chi connectivity index (χ4n) is 2.56. The van der Waals surface area contributed by atoms with E-state index >= 15 is 0 Å². The van der Waals surface area contributed by atoms with Gasteiger partial charge in [0.2, 0.25) is 4.77 Å². The van der Waals surface area contributed by atoms with Gasteiger partial charge in [0.1, 0.15) is 11.9 Å². The van der Waals surface area contributed by atoms with Crippen LogP contribution < -0.4 is 0 Å². The first-order valence-corrected chi connectivity index (χ1v) is 8.33. The molecule has 1 aliphatic rings. The van der Waals surface area contributed by atoms with Crippen LogP contribution in [0.3, 0.4) is 0 Å². The standard InChI is InChI=1S/C14H14Cl3N3OS/c15-10-2-1-9(11(16)5-10)6-14(21,13(17)3-4-13)7-20-12(22)18-8-19-20/h1-2,5,8,21H,3-4,6-7H2,(H,18,19,22). The van der Waals surface area contributed by atoms with Crippen LogP contribution in [0.2, 0.25) is 10.0 Å². The summed E-state index contributed by atoms with van der Waals surface area (Å²) in [4.78, 5) is 3.29. The summed E-state index contributed by atoms with van der Waals surface area (Å²) < 4.78 is 1.99. The Morgan fingerprint density at radius 2 is 2.14 bits per heavy atom. The number of nitrogens with one attached hydrogen (secondary N) is 1. The molecule has 2 aromatic rings. The number of H-pyrrole nitrogens is 1. The summed E-state index contributed by atoms with van der Waals surface area (Å²) in [6, 6.07) is 5.22. The predicted molar refractivity (Wildman–Crippen MR) is 90.3 cm³/mol. The summed E-state index contributed by atoms with van der Waals surface area (Å²) in [5.41, 5.74) is -0.386. The van der Waals surface area contributed by atoms with E-state index in [1.165, 1.54) is 6.33 Å².